The SMILES string of the molecule is Cc1ccc(S(=O)(=O)Oc2cccc3c(S(=O)(=O)NCCc4ccccc4)cccc23)cc1. The van der Waals surface area contributed by atoms with Crippen molar-refractivity contribution >= 4 is 30.9 Å². The molecule has 0 bridgehead atoms. The molecule has 0 unspecified atom stereocenters. The Morgan fingerprint density at radius 2 is 1.39 bits per heavy atom. The Morgan fingerprint density at radius 1 is 0.727 bits per heavy atom. The highest BCUT2D eigenvalue weighted by atomic mass is 32.2. The molecule has 0 atom stereocenters. The van der Waals surface area contributed by atoms with E-state index in [2.05, 4.69) is 4.72 Å². The average Bonchev–Trinajstić information content (AvgIpc) is 2.79. The van der Waals surface area contributed by atoms with E-state index in [4.69, 9.17) is 4.18 Å². The zero-order chi connectivity index (χ0) is 23.5. The normalized spacial score (nSPS) is 12.0. The number of rotatable bonds is 8. The minimum Gasteiger partial charge on any atom is -0.378 e. The van der Waals surface area contributed by atoms with Gasteiger partial charge in [-0.15, -0.1) is 0 Å². The molecule has 0 saturated heterocycles. The lowest BCUT2D eigenvalue weighted by Gasteiger charge is -2.13. The summed E-state index contributed by atoms with van der Waals surface area (Å²) in [4.78, 5) is 0.0858. The Kier molecular flexibility index (Phi) is 6.51. The van der Waals surface area contributed by atoms with Gasteiger partial charge in [-0.25, -0.2) is 13.1 Å². The predicted molar refractivity (Wildman–Crippen MR) is 128 cm³/mol. The Hall–Kier alpha value is -3.20. The molecule has 1 N–H and O–H groups in total. The van der Waals surface area contributed by atoms with Crippen molar-refractivity contribution in [3.63, 3.8) is 0 Å². The standard InChI is InChI=1S/C25H23NO5S2/c1-19-13-15-21(16-14-19)33(29,30)31-24-11-5-10-23-22(24)9-6-12-25(23)32(27,28)26-18-17-20-7-3-2-4-8-20/h2-16,26H,17-18H2,1H3. The molecule has 0 radical (unpaired) electrons. The van der Waals surface area contributed by atoms with Crippen LogP contribution in [0.5, 0.6) is 5.75 Å². The van der Waals surface area contributed by atoms with Gasteiger partial charge in [-0.3, -0.25) is 0 Å². The van der Waals surface area contributed by atoms with Gasteiger partial charge in [0, 0.05) is 17.3 Å². The summed E-state index contributed by atoms with van der Waals surface area (Å²) >= 11 is 0. The van der Waals surface area contributed by atoms with E-state index in [-0.39, 0.29) is 22.1 Å². The molecule has 0 amide bonds. The van der Waals surface area contributed by atoms with E-state index >= 15 is 0 Å². The molecule has 0 spiro atoms. The van der Waals surface area contributed by atoms with Crippen LogP contribution in [0.1, 0.15) is 11.1 Å². The van der Waals surface area contributed by atoms with Crippen LogP contribution in [-0.4, -0.2) is 23.4 Å². The first-order chi connectivity index (χ1) is 15.8. The molecule has 4 rings (SSSR count). The molecule has 0 aliphatic carbocycles. The predicted octanol–water partition coefficient (Wildman–Crippen LogP) is 4.44. The summed E-state index contributed by atoms with van der Waals surface area (Å²) in [6.07, 6.45) is 0.550. The molecule has 0 heterocycles. The summed E-state index contributed by atoms with van der Waals surface area (Å²) in [5, 5.41) is 0.764. The fourth-order valence-electron chi connectivity index (χ4n) is 3.48. The molecule has 4 aromatic rings. The van der Waals surface area contributed by atoms with E-state index in [0.717, 1.165) is 11.1 Å². The molecule has 8 heteroatoms. The smallest absolute Gasteiger partial charge is 0.339 e. The third kappa shape index (κ3) is 5.24. The van der Waals surface area contributed by atoms with E-state index in [1.54, 1.807) is 36.4 Å². The number of hydrogen-bond donors (Lipinski definition) is 1. The van der Waals surface area contributed by atoms with E-state index in [1.807, 2.05) is 37.3 Å². The molecule has 0 aromatic heterocycles. The molecule has 33 heavy (non-hydrogen) atoms. The van der Waals surface area contributed by atoms with Gasteiger partial charge >= 0.3 is 10.1 Å². The van der Waals surface area contributed by atoms with Gasteiger partial charge < -0.3 is 4.18 Å². The van der Waals surface area contributed by atoms with Crippen LogP contribution in [0, 0.1) is 6.92 Å². The largest absolute Gasteiger partial charge is 0.378 e. The maximum atomic E-state index is 13.0. The van der Waals surface area contributed by atoms with Gasteiger partial charge in [0.15, 0.2) is 5.75 Å². The van der Waals surface area contributed by atoms with Crippen LogP contribution in [0.15, 0.2) is 101 Å². The molecular formula is C25H23NO5S2. The van der Waals surface area contributed by atoms with Gasteiger partial charge in [0.25, 0.3) is 0 Å². The van der Waals surface area contributed by atoms with E-state index < -0.39 is 20.1 Å². The first kappa shape index (κ1) is 23.0. The molecule has 170 valence electrons. The molecule has 0 fully saturated rings. The third-order valence-corrected chi connectivity index (χ3v) is 7.96. The van der Waals surface area contributed by atoms with Gasteiger partial charge in [0.05, 0.1) is 4.90 Å². The summed E-state index contributed by atoms with van der Waals surface area (Å²) in [6.45, 7) is 2.10. The summed E-state index contributed by atoms with van der Waals surface area (Å²) in [5.41, 5.74) is 1.95. The van der Waals surface area contributed by atoms with E-state index in [1.165, 1.54) is 24.3 Å². The van der Waals surface area contributed by atoms with E-state index in [0.29, 0.717) is 17.2 Å². The number of sulfonamides is 1. The quantitative estimate of drug-likeness (QED) is 0.376. The summed E-state index contributed by atoms with van der Waals surface area (Å²) in [6, 6.07) is 25.3. The maximum Gasteiger partial charge on any atom is 0.339 e. The van der Waals surface area contributed by atoms with Gasteiger partial charge in [0.1, 0.15) is 4.90 Å². The number of aryl methyl sites for hydroxylation is 1. The van der Waals surface area contributed by atoms with Gasteiger partial charge in [-0.2, -0.15) is 8.42 Å². The first-order valence-corrected chi connectivity index (χ1v) is 13.2. The molecule has 6 nitrogen and oxygen atoms in total. The Morgan fingerprint density at radius 3 is 2.12 bits per heavy atom. The highest BCUT2D eigenvalue weighted by Gasteiger charge is 2.21. The van der Waals surface area contributed by atoms with Crippen molar-refractivity contribution in [2.24, 2.45) is 0 Å². The second-order valence-electron chi connectivity index (χ2n) is 7.59. The molecule has 0 aliphatic rings. The highest BCUT2D eigenvalue weighted by molar-refractivity contribution is 7.89. The topological polar surface area (TPSA) is 89.5 Å². The number of benzene rings is 4. The Balaban J connectivity index is 1.62. The second-order valence-corrected chi connectivity index (χ2v) is 10.9. The zero-order valence-corrected chi connectivity index (χ0v) is 19.6. The fraction of sp³-hybridized carbons (Fsp3) is 0.120. The van der Waals surface area contributed by atoms with Crippen molar-refractivity contribution in [3.8, 4) is 5.75 Å². The summed E-state index contributed by atoms with van der Waals surface area (Å²) in [5.74, 6) is 0.0643. The van der Waals surface area contributed by atoms with Gasteiger partial charge in [0.2, 0.25) is 10.0 Å². The zero-order valence-electron chi connectivity index (χ0n) is 17.9. The monoisotopic (exact) mass is 481 g/mol. The maximum absolute atomic E-state index is 13.0. The van der Waals surface area contributed by atoms with Crippen molar-refractivity contribution in [1.29, 1.82) is 0 Å². The van der Waals surface area contributed by atoms with E-state index in [9.17, 15) is 16.8 Å². The van der Waals surface area contributed by atoms with Crippen LogP contribution < -0.4 is 8.91 Å². The Labute approximate surface area is 194 Å². The molecule has 0 aliphatic heterocycles. The summed E-state index contributed by atoms with van der Waals surface area (Å²) < 4.78 is 59.6. The molecule has 4 aromatic carbocycles. The third-order valence-electron chi connectivity index (χ3n) is 5.19. The minimum atomic E-state index is -4.08. The van der Waals surface area contributed by atoms with Crippen molar-refractivity contribution in [2.45, 2.75) is 23.1 Å². The molecule has 0 saturated carbocycles. The number of hydrogen-bond acceptors (Lipinski definition) is 5. The van der Waals surface area contributed by atoms with Crippen LogP contribution in [0.4, 0.5) is 0 Å². The highest BCUT2D eigenvalue weighted by Crippen LogP contribution is 2.32. The van der Waals surface area contributed by atoms with Crippen LogP contribution >= 0.6 is 0 Å². The lowest BCUT2D eigenvalue weighted by molar-refractivity contribution is 0.488. The Bertz CT molecular complexity index is 1480. The van der Waals surface area contributed by atoms with Crippen molar-refractivity contribution in [1.82, 2.24) is 4.72 Å². The lowest BCUT2D eigenvalue weighted by Crippen LogP contribution is -2.26. The van der Waals surface area contributed by atoms with Crippen molar-refractivity contribution in [2.75, 3.05) is 6.54 Å². The molecular weight excluding hydrogens is 458 g/mol. The lowest BCUT2D eigenvalue weighted by atomic mass is 10.1. The summed E-state index contributed by atoms with van der Waals surface area (Å²) in [7, 11) is -7.91. The number of fused-ring (bicyclic) bond motifs is 1. The van der Waals surface area contributed by atoms with Crippen LogP contribution in [0.25, 0.3) is 10.8 Å². The number of nitrogens with one attached hydrogen (secondary N) is 1. The average molecular weight is 482 g/mol. The second kappa shape index (κ2) is 9.35. The van der Waals surface area contributed by atoms with Crippen molar-refractivity contribution in [3.05, 3.63) is 102 Å². The van der Waals surface area contributed by atoms with Gasteiger partial charge in [-0.05, 0) is 43.2 Å². The van der Waals surface area contributed by atoms with Crippen LogP contribution in [-0.2, 0) is 26.6 Å². The first-order valence-electron chi connectivity index (χ1n) is 10.3. The minimum absolute atomic E-state index is 0.0245. The van der Waals surface area contributed by atoms with Crippen LogP contribution in [0.3, 0.4) is 0 Å². The van der Waals surface area contributed by atoms with Crippen LogP contribution in [0.2, 0.25) is 0 Å². The fourth-order valence-corrected chi connectivity index (χ4v) is 5.68. The van der Waals surface area contributed by atoms with Gasteiger partial charge in [-0.1, -0.05) is 72.3 Å². The van der Waals surface area contributed by atoms with Crippen molar-refractivity contribution < 1.29 is 21.0 Å².